The molecule has 0 N–H and O–H groups in total. The molecule has 1 aromatic rings. The zero-order valence-corrected chi connectivity index (χ0v) is 22.3. The molecule has 0 saturated carbocycles. The first-order valence-electron chi connectivity index (χ1n) is 12.8. The van der Waals surface area contributed by atoms with Gasteiger partial charge >= 0.3 is 0 Å². The molecule has 35 heavy (non-hydrogen) atoms. The van der Waals surface area contributed by atoms with E-state index in [4.69, 9.17) is 33.2 Å². The van der Waals surface area contributed by atoms with Crippen molar-refractivity contribution in [2.24, 2.45) is 23.7 Å². The highest BCUT2D eigenvalue weighted by Gasteiger charge is 2.42. The molecule has 2 fully saturated rings. The van der Waals surface area contributed by atoms with Crippen LogP contribution in [0.1, 0.15) is 52.4 Å². The van der Waals surface area contributed by atoms with Crippen LogP contribution in [-0.2, 0) is 28.4 Å². The molecule has 198 valence electrons. The molecule has 0 radical (unpaired) electrons. The van der Waals surface area contributed by atoms with Crippen LogP contribution in [0.25, 0.3) is 0 Å². The van der Waals surface area contributed by atoms with E-state index in [1.54, 1.807) is 21.3 Å². The van der Waals surface area contributed by atoms with Crippen LogP contribution in [0, 0.1) is 23.7 Å². The summed E-state index contributed by atoms with van der Waals surface area (Å²) in [5.41, 5.74) is 1.01. The monoisotopic (exact) mass is 492 g/mol. The maximum Gasteiger partial charge on any atom is 0.184 e. The number of hydrogen-bond acceptors (Lipinski definition) is 7. The van der Waals surface area contributed by atoms with Crippen LogP contribution in [0.15, 0.2) is 36.4 Å². The minimum atomic E-state index is -0.355. The number of allylic oxidation sites excluding steroid dienone is 1. The Morgan fingerprint density at radius 1 is 1.03 bits per heavy atom. The highest BCUT2D eigenvalue weighted by Crippen LogP contribution is 2.36. The van der Waals surface area contributed by atoms with Crippen LogP contribution in [0.4, 0.5) is 0 Å². The molecule has 3 rings (SSSR count). The molecule has 1 aromatic carbocycles. The van der Waals surface area contributed by atoms with Gasteiger partial charge in [-0.25, -0.2) is 0 Å². The van der Waals surface area contributed by atoms with Gasteiger partial charge in [0.1, 0.15) is 12.5 Å². The molecule has 2 saturated heterocycles. The molecular formula is C28H44O7. The molecule has 9 atom stereocenters. The Balaban J connectivity index is 1.54. The van der Waals surface area contributed by atoms with Gasteiger partial charge in [-0.1, -0.05) is 52.0 Å². The van der Waals surface area contributed by atoms with Crippen LogP contribution in [0.2, 0.25) is 0 Å². The molecular weight excluding hydrogens is 448 g/mol. The lowest BCUT2D eigenvalue weighted by atomic mass is 9.84. The third-order valence-corrected chi connectivity index (χ3v) is 7.29. The van der Waals surface area contributed by atoms with E-state index in [1.807, 2.05) is 24.3 Å². The Bertz CT molecular complexity index is 767. The number of rotatable bonds is 11. The summed E-state index contributed by atoms with van der Waals surface area (Å²) in [4.78, 5) is 0. The van der Waals surface area contributed by atoms with Crippen molar-refractivity contribution in [2.75, 3.05) is 34.7 Å². The van der Waals surface area contributed by atoms with Gasteiger partial charge in [-0.3, -0.25) is 0 Å². The highest BCUT2D eigenvalue weighted by atomic mass is 16.7. The summed E-state index contributed by atoms with van der Waals surface area (Å²) in [6.07, 6.45) is 5.90. The molecule has 0 aromatic heterocycles. The quantitative estimate of drug-likeness (QED) is 0.305. The third kappa shape index (κ3) is 7.28. The Hall–Kier alpha value is -1.48. The number of hydrogen-bond donors (Lipinski definition) is 0. The first-order valence-corrected chi connectivity index (χ1v) is 12.8. The Labute approximate surface area is 211 Å². The second-order valence-electron chi connectivity index (χ2n) is 9.92. The molecule has 2 heterocycles. The number of benzene rings is 1. The first kappa shape index (κ1) is 28.1. The second-order valence-corrected chi connectivity index (χ2v) is 9.92. The average Bonchev–Trinajstić information content (AvgIpc) is 2.88. The van der Waals surface area contributed by atoms with Gasteiger partial charge in [0.25, 0.3) is 0 Å². The fourth-order valence-electron chi connectivity index (χ4n) is 5.23. The summed E-state index contributed by atoms with van der Waals surface area (Å²) in [6.45, 7) is 9.65. The fourth-order valence-corrected chi connectivity index (χ4v) is 5.23. The maximum atomic E-state index is 6.39. The van der Waals surface area contributed by atoms with E-state index in [-0.39, 0.29) is 55.4 Å². The van der Waals surface area contributed by atoms with Crippen molar-refractivity contribution in [3.63, 3.8) is 0 Å². The molecule has 7 nitrogen and oxygen atoms in total. The molecule has 0 spiro atoms. The van der Waals surface area contributed by atoms with Gasteiger partial charge in [0.2, 0.25) is 0 Å². The molecule has 7 heteroatoms. The van der Waals surface area contributed by atoms with Gasteiger partial charge in [-0.05, 0) is 25.0 Å². The minimum Gasteiger partial charge on any atom is -0.497 e. The van der Waals surface area contributed by atoms with Gasteiger partial charge in [-0.2, -0.15) is 0 Å². The average molecular weight is 493 g/mol. The van der Waals surface area contributed by atoms with Crippen molar-refractivity contribution < 1.29 is 33.2 Å². The number of methoxy groups -OCH3 is 3. The highest BCUT2D eigenvalue weighted by molar-refractivity contribution is 5.28. The van der Waals surface area contributed by atoms with Crippen molar-refractivity contribution >= 4 is 0 Å². The zero-order chi connectivity index (χ0) is 25.4. The Morgan fingerprint density at radius 2 is 1.77 bits per heavy atom. The smallest absolute Gasteiger partial charge is 0.184 e. The first-order chi connectivity index (χ1) is 16.9. The largest absolute Gasteiger partial charge is 0.497 e. The predicted octanol–water partition coefficient (Wildman–Crippen LogP) is 5.35. The van der Waals surface area contributed by atoms with E-state index in [0.717, 1.165) is 24.2 Å². The molecule has 1 unspecified atom stereocenters. The van der Waals surface area contributed by atoms with E-state index < -0.39 is 0 Å². The number of ether oxygens (including phenoxy) is 7. The van der Waals surface area contributed by atoms with E-state index in [1.165, 1.54) is 0 Å². The van der Waals surface area contributed by atoms with Crippen LogP contribution >= 0.6 is 0 Å². The molecule has 0 aliphatic carbocycles. The van der Waals surface area contributed by atoms with Crippen molar-refractivity contribution in [1.82, 2.24) is 0 Å². The summed E-state index contributed by atoms with van der Waals surface area (Å²) in [5, 5.41) is 0. The van der Waals surface area contributed by atoms with E-state index in [2.05, 4.69) is 39.8 Å². The molecule has 2 aliphatic heterocycles. The van der Waals surface area contributed by atoms with Gasteiger partial charge in [-0.15, -0.1) is 0 Å². The SMILES string of the molecule is COCO[C@@H]1[C@@H](C)[C@H](OC)O[C@@H](CC/C=C\[C@H](C)[C@@H]2OC(c3ccc(OC)cc3)OC[C@@H]2C)[C@H]1C. The summed E-state index contributed by atoms with van der Waals surface area (Å²) in [5.74, 6) is 1.80. The Kier molecular flexibility index (Phi) is 11.0. The van der Waals surface area contributed by atoms with Crippen molar-refractivity contribution in [2.45, 2.75) is 71.4 Å². The van der Waals surface area contributed by atoms with Gasteiger partial charge < -0.3 is 33.2 Å². The summed E-state index contributed by atoms with van der Waals surface area (Å²) < 4.78 is 40.6. The van der Waals surface area contributed by atoms with Crippen molar-refractivity contribution in [1.29, 1.82) is 0 Å². The van der Waals surface area contributed by atoms with Gasteiger partial charge in [0, 0.05) is 43.5 Å². The summed E-state index contributed by atoms with van der Waals surface area (Å²) >= 11 is 0. The van der Waals surface area contributed by atoms with E-state index in [9.17, 15) is 0 Å². The van der Waals surface area contributed by atoms with Crippen LogP contribution in [-0.4, -0.2) is 59.3 Å². The fraction of sp³-hybridized carbons (Fsp3) is 0.714. The van der Waals surface area contributed by atoms with Gasteiger partial charge in [0.15, 0.2) is 12.6 Å². The topological polar surface area (TPSA) is 64.6 Å². The third-order valence-electron chi connectivity index (χ3n) is 7.29. The second kappa shape index (κ2) is 13.7. The Morgan fingerprint density at radius 3 is 2.43 bits per heavy atom. The molecule has 0 bridgehead atoms. The van der Waals surface area contributed by atoms with Crippen LogP contribution in [0.5, 0.6) is 5.75 Å². The lowest BCUT2D eigenvalue weighted by molar-refractivity contribution is -0.271. The van der Waals surface area contributed by atoms with Crippen LogP contribution in [0.3, 0.4) is 0 Å². The zero-order valence-electron chi connectivity index (χ0n) is 22.3. The van der Waals surface area contributed by atoms with Crippen molar-refractivity contribution in [3.8, 4) is 5.75 Å². The lowest BCUT2D eigenvalue weighted by Crippen LogP contribution is -2.50. The lowest BCUT2D eigenvalue weighted by Gasteiger charge is -2.43. The predicted molar refractivity (Wildman–Crippen MR) is 134 cm³/mol. The normalized spacial score (nSPS) is 34.7. The van der Waals surface area contributed by atoms with Gasteiger partial charge in [0.05, 0.1) is 32.0 Å². The molecule has 2 aliphatic rings. The van der Waals surface area contributed by atoms with E-state index in [0.29, 0.717) is 12.5 Å². The van der Waals surface area contributed by atoms with E-state index >= 15 is 0 Å². The molecule has 0 amide bonds. The van der Waals surface area contributed by atoms with Crippen molar-refractivity contribution in [3.05, 3.63) is 42.0 Å². The maximum absolute atomic E-state index is 6.39. The van der Waals surface area contributed by atoms with Crippen LogP contribution < -0.4 is 4.74 Å². The summed E-state index contributed by atoms with van der Waals surface area (Å²) in [7, 11) is 5.00. The standard InChI is InChI=1S/C28H44O7/c1-18(25-19(2)16-32-28(35-25)22-12-14-23(30-6)15-13-22)10-8-9-11-24-20(3)26(33-17-29-5)21(4)27(31-7)34-24/h8,10,12-15,18-21,24-28H,9,11,16-17H2,1-7H3/b10-8-/t18-,19-,20+,21+,24-,25-,26-,27+,28?/m0/s1. The minimum absolute atomic E-state index is 0.0351. The summed E-state index contributed by atoms with van der Waals surface area (Å²) in [6, 6.07) is 7.87.